The van der Waals surface area contributed by atoms with Gasteiger partial charge >= 0.3 is 6.61 Å². The Morgan fingerprint density at radius 2 is 2.00 bits per heavy atom. The Kier molecular flexibility index (Phi) is 6.85. The van der Waals surface area contributed by atoms with Gasteiger partial charge in [0.1, 0.15) is 23.9 Å². The molecule has 1 amide bonds. The Labute approximate surface area is 172 Å². The minimum absolute atomic E-state index is 0.0228. The molecule has 1 aromatic heterocycles. The van der Waals surface area contributed by atoms with Gasteiger partial charge in [0.25, 0.3) is 5.91 Å². The Hall–Kier alpha value is -3.61. The summed E-state index contributed by atoms with van der Waals surface area (Å²) >= 11 is 0. The van der Waals surface area contributed by atoms with E-state index in [4.69, 9.17) is 9.15 Å². The Bertz CT molecular complexity index is 1030. The average Bonchev–Trinajstić information content (AvgIpc) is 3.18. The molecule has 0 aliphatic carbocycles. The van der Waals surface area contributed by atoms with E-state index >= 15 is 0 Å². The van der Waals surface area contributed by atoms with Crippen LogP contribution in [0.5, 0.6) is 11.5 Å². The van der Waals surface area contributed by atoms with Crippen molar-refractivity contribution in [1.82, 2.24) is 0 Å². The molecule has 0 fully saturated rings. The number of carbonyl (C=O) groups is 1. The highest BCUT2D eigenvalue weighted by Gasteiger charge is 2.14. The van der Waals surface area contributed by atoms with Crippen LogP contribution >= 0.6 is 0 Å². The maximum absolute atomic E-state index is 12.4. The number of alkyl halides is 2. The molecule has 156 valence electrons. The highest BCUT2D eigenvalue weighted by molar-refractivity contribution is 6.02. The number of para-hydroxylation sites is 1. The van der Waals surface area contributed by atoms with Gasteiger partial charge in [-0.2, -0.15) is 8.78 Å². The fraction of sp³-hybridized carbons (Fsp3) is 0.174. The molecule has 0 aliphatic heterocycles. The summed E-state index contributed by atoms with van der Waals surface area (Å²) in [6.45, 7) is 2.68. The second-order valence-electron chi connectivity index (χ2n) is 6.46. The number of halogens is 2. The summed E-state index contributed by atoms with van der Waals surface area (Å²) in [5.74, 6) is 0.890. The summed E-state index contributed by atoms with van der Waals surface area (Å²) < 4.78 is 40.3. The number of furan rings is 1. The van der Waals surface area contributed by atoms with E-state index < -0.39 is 12.5 Å². The first kappa shape index (κ1) is 21.1. The molecular formula is C23H21F2NO4. The third kappa shape index (κ3) is 5.47. The van der Waals surface area contributed by atoms with Crippen molar-refractivity contribution in [2.24, 2.45) is 0 Å². The SMILES string of the molecule is C=CCc1ccccc1OCc1ccc(C(=O)Nc2ccc(OC(F)F)cc2C)o1. The summed E-state index contributed by atoms with van der Waals surface area (Å²) in [7, 11) is 0. The van der Waals surface area contributed by atoms with Crippen LogP contribution in [0.4, 0.5) is 14.5 Å². The summed E-state index contributed by atoms with van der Waals surface area (Å²) in [6.07, 6.45) is 2.48. The number of ether oxygens (including phenoxy) is 2. The zero-order valence-corrected chi connectivity index (χ0v) is 16.4. The summed E-state index contributed by atoms with van der Waals surface area (Å²) in [6, 6.07) is 15.1. The monoisotopic (exact) mass is 413 g/mol. The standard InChI is InChI=1S/C23H21F2NO4/c1-3-6-16-7-4-5-8-20(16)28-14-18-10-12-21(29-18)22(27)26-19-11-9-17(13-15(19)2)30-23(24)25/h3-5,7-13,23H,1,6,14H2,2H3,(H,26,27). The number of anilines is 1. The molecule has 0 aliphatic rings. The van der Waals surface area contributed by atoms with E-state index in [1.807, 2.05) is 24.3 Å². The first-order valence-electron chi connectivity index (χ1n) is 9.23. The number of hydrogen-bond donors (Lipinski definition) is 1. The summed E-state index contributed by atoms with van der Waals surface area (Å²) in [5, 5.41) is 2.69. The number of rotatable bonds is 9. The van der Waals surface area contributed by atoms with E-state index in [1.165, 1.54) is 18.2 Å². The number of nitrogens with one attached hydrogen (secondary N) is 1. The molecule has 0 spiro atoms. The molecule has 1 heterocycles. The number of carbonyl (C=O) groups excluding carboxylic acids is 1. The van der Waals surface area contributed by atoms with E-state index in [1.54, 1.807) is 25.1 Å². The molecule has 0 saturated carbocycles. The van der Waals surface area contributed by atoms with Gasteiger partial charge in [-0.25, -0.2) is 0 Å². The maximum Gasteiger partial charge on any atom is 0.387 e. The molecule has 2 aromatic carbocycles. The molecule has 0 atom stereocenters. The lowest BCUT2D eigenvalue weighted by Gasteiger charge is -2.10. The minimum atomic E-state index is -2.91. The van der Waals surface area contributed by atoms with E-state index in [-0.39, 0.29) is 18.1 Å². The lowest BCUT2D eigenvalue weighted by Crippen LogP contribution is -2.12. The number of aryl methyl sites for hydroxylation is 1. The van der Waals surface area contributed by atoms with Crippen molar-refractivity contribution in [1.29, 1.82) is 0 Å². The van der Waals surface area contributed by atoms with Crippen molar-refractivity contribution in [3.63, 3.8) is 0 Å². The maximum atomic E-state index is 12.4. The van der Waals surface area contributed by atoms with Crippen molar-refractivity contribution in [3.8, 4) is 11.5 Å². The van der Waals surface area contributed by atoms with Gasteiger partial charge in [-0.1, -0.05) is 24.3 Å². The fourth-order valence-corrected chi connectivity index (χ4v) is 2.83. The lowest BCUT2D eigenvalue weighted by atomic mass is 10.1. The van der Waals surface area contributed by atoms with Gasteiger partial charge in [0, 0.05) is 5.69 Å². The smallest absolute Gasteiger partial charge is 0.387 e. The van der Waals surface area contributed by atoms with Crippen LogP contribution in [0.2, 0.25) is 0 Å². The quantitative estimate of drug-likeness (QED) is 0.454. The lowest BCUT2D eigenvalue weighted by molar-refractivity contribution is -0.0498. The van der Waals surface area contributed by atoms with Gasteiger partial charge in [0.05, 0.1) is 0 Å². The fourth-order valence-electron chi connectivity index (χ4n) is 2.83. The highest BCUT2D eigenvalue weighted by atomic mass is 19.3. The molecule has 3 rings (SSSR count). The molecule has 5 nitrogen and oxygen atoms in total. The zero-order chi connectivity index (χ0) is 21.5. The van der Waals surface area contributed by atoms with Gasteiger partial charge < -0.3 is 19.2 Å². The topological polar surface area (TPSA) is 60.7 Å². The minimum Gasteiger partial charge on any atom is -0.485 e. The van der Waals surface area contributed by atoms with Crippen LogP contribution in [0.3, 0.4) is 0 Å². The highest BCUT2D eigenvalue weighted by Crippen LogP contribution is 2.24. The van der Waals surface area contributed by atoms with Crippen LogP contribution in [-0.4, -0.2) is 12.5 Å². The predicted octanol–water partition coefficient (Wildman–Crippen LogP) is 5.75. The normalized spacial score (nSPS) is 10.7. The third-order valence-electron chi connectivity index (χ3n) is 4.26. The van der Waals surface area contributed by atoms with E-state index in [2.05, 4.69) is 16.6 Å². The summed E-state index contributed by atoms with van der Waals surface area (Å²) in [4.78, 5) is 12.4. The van der Waals surface area contributed by atoms with Crippen LogP contribution < -0.4 is 14.8 Å². The number of allylic oxidation sites excluding steroid dienone is 1. The molecule has 0 bridgehead atoms. The molecular weight excluding hydrogens is 392 g/mol. The van der Waals surface area contributed by atoms with Crippen LogP contribution in [0.25, 0.3) is 0 Å². The first-order chi connectivity index (χ1) is 14.5. The third-order valence-corrected chi connectivity index (χ3v) is 4.26. The van der Waals surface area contributed by atoms with Gasteiger partial charge in [-0.05, 0) is 60.9 Å². The van der Waals surface area contributed by atoms with Crippen molar-refractivity contribution in [3.05, 3.63) is 89.9 Å². The molecule has 3 aromatic rings. The Morgan fingerprint density at radius 3 is 2.73 bits per heavy atom. The average molecular weight is 413 g/mol. The van der Waals surface area contributed by atoms with Crippen LogP contribution in [-0.2, 0) is 13.0 Å². The molecule has 0 radical (unpaired) electrons. The van der Waals surface area contributed by atoms with E-state index in [0.29, 0.717) is 23.4 Å². The van der Waals surface area contributed by atoms with Crippen molar-refractivity contribution in [2.75, 3.05) is 5.32 Å². The largest absolute Gasteiger partial charge is 0.485 e. The first-order valence-corrected chi connectivity index (χ1v) is 9.23. The van der Waals surface area contributed by atoms with Crippen molar-refractivity contribution >= 4 is 11.6 Å². The van der Waals surface area contributed by atoms with Crippen molar-refractivity contribution < 1.29 is 27.5 Å². The predicted molar refractivity (Wildman–Crippen MR) is 109 cm³/mol. The second kappa shape index (κ2) is 9.73. The second-order valence-corrected chi connectivity index (χ2v) is 6.46. The molecule has 7 heteroatoms. The van der Waals surface area contributed by atoms with Gasteiger partial charge in [-0.15, -0.1) is 6.58 Å². The molecule has 30 heavy (non-hydrogen) atoms. The molecule has 0 unspecified atom stereocenters. The number of amides is 1. The number of benzene rings is 2. The van der Waals surface area contributed by atoms with E-state index in [9.17, 15) is 13.6 Å². The van der Waals surface area contributed by atoms with Gasteiger partial charge in [-0.3, -0.25) is 4.79 Å². The van der Waals surface area contributed by atoms with Crippen LogP contribution in [0.15, 0.2) is 71.7 Å². The zero-order valence-electron chi connectivity index (χ0n) is 16.4. The van der Waals surface area contributed by atoms with Gasteiger partial charge in [0.15, 0.2) is 5.76 Å². The molecule has 1 N–H and O–H groups in total. The Morgan fingerprint density at radius 1 is 1.20 bits per heavy atom. The van der Waals surface area contributed by atoms with Gasteiger partial charge in [0.2, 0.25) is 0 Å². The van der Waals surface area contributed by atoms with Crippen molar-refractivity contribution in [2.45, 2.75) is 26.6 Å². The molecule has 0 saturated heterocycles. The van der Waals surface area contributed by atoms with Crippen LogP contribution in [0, 0.1) is 6.92 Å². The van der Waals surface area contributed by atoms with Crippen LogP contribution in [0.1, 0.15) is 27.4 Å². The van der Waals surface area contributed by atoms with E-state index in [0.717, 1.165) is 11.3 Å². The number of hydrogen-bond acceptors (Lipinski definition) is 4. The summed E-state index contributed by atoms with van der Waals surface area (Å²) in [5.41, 5.74) is 2.05. The Balaban J connectivity index is 1.62.